The highest BCUT2D eigenvalue weighted by atomic mass is 32.1. The SMILES string of the molecule is COC(=O)c1c(C)[nH]c(C2CCCCCCC2)nc1=S. The number of carbonyl (C=O) groups is 1. The number of hydrogen-bond donors (Lipinski definition) is 1. The van der Waals surface area contributed by atoms with Gasteiger partial charge in [0, 0.05) is 11.6 Å². The first-order valence-corrected chi connectivity index (χ1v) is 7.73. The molecule has 4 nitrogen and oxygen atoms in total. The van der Waals surface area contributed by atoms with E-state index < -0.39 is 5.97 Å². The molecule has 0 amide bonds. The molecule has 1 fully saturated rings. The molecule has 0 bridgehead atoms. The zero-order valence-electron chi connectivity index (χ0n) is 12.2. The van der Waals surface area contributed by atoms with Crippen LogP contribution in [0.4, 0.5) is 0 Å². The van der Waals surface area contributed by atoms with E-state index >= 15 is 0 Å². The van der Waals surface area contributed by atoms with Crippen molar-refractivity contribution in [2.75, 3.05) is 7.11 Å². The van der Waals surface area contributed by atoms with Crippen LogP contribution in [0.3, 0.4) is 0 Å². The highest BCUT2D eigenvalue weighted by Crippen LogP contribution is 2.29. The van der Waals surface area contributed by atoms with Gasteiger partial charge in [-0.3, -0.25) is 0 Å². The minimum Gasteiger partial charge on any atom is -0.465 e. The summed E-state index contributed by atoms with van der Waals surface area (Å²) in [5, 5.41) is 0. The van der Waals surface area contributed by atoms with Gasteiger partial charge in [0.05, 0.1) is 7.11 Å². The zero-order valence-corrected chi connectivity index (χ0v) is 13.0. The molecule has 1 aliphatic rings. The molecule has 0 unspecified atom stereocenters. The van der Waals surface area contributed by atoms with Gasteiger partial charge in [-0.2, -0.15) is 0 Å². The molecule has 1 aromatic heterocycles. The average molecular weight is 294 g/mol. The smallest absolute Gasteiger partial charge is 0.342 e. The van der Waals surface area contributed by atoms with Gasteiger partial charge >= 0.3 is 5.97 Å². The Morgan fingerprint density at radius 3 is 2.40 bits per heavy atom. The summed E-state index contributed by atoms with van der Waals surface area (Å²) in [4.78, 5) is 19.4. The Labute approximate surface area is 125 Å². The van der Waals surface area contributed by atoms with E-state index in [1.165, 1.54) is 39.2 Å². The van der Waals surface area contributed by atoms with Gasteiger partial charge in [-0.15, -0.1) is 0 Å². The number of methoxy groups -OCH3 is 1. The van der Waals surface area contributed by atoms with Gasteiger partial charge in [0.1, 0.15) is 16.0 Å². The lowest BCUT2D eigenvalue weighted by atomic mass is 9.90. The van der Waals surface area contributed by atoms with Gasteiger partial charge in [-0.05, 0) is 19.8 Å². The molecule has 1 aliphatic carbocycles. The fourth-order valence-corrected chi connectivity index (χ4v) is 3.21. The normalized spacial score (nSPS) is 17.3. The number of rotatable bonds is 2. The molecule has 0 aromatic carbocycles. The van der Waals surface area contributed by atoms with Crippen molar-refractivity contribution in [2.45, 2.75) is 57.8 Å². The Kier molecular flexibility index (Phi) is 5.29. The Bertz CT molecular complexity index is 531. The number of aromatic amines is 1. The second-order valence-corrected chi connectivity index (χ2v) is 5.85. The molecule has 0 aliphatic heterocycles. The summed E-state index contributed by atoms with van der Waals surface area (Å²) in [6, 6.07) is 0. The lowest BCUT2D eigenvalue weighted by Gasteiger charge is -2.20. The predicted molar refractivity (Wildman–Crippen MR) is 80.6 cm³/mol. The average Bonchev–Trinajstić information content (AvgIpc) is 2.37. The van der Waals surface area contributed by atoms with Crippen LogP contribution >= 0.6 is 12.2 Å². The van der Waals surface area contributed by atoms with E-state index in [1.54, 1.807) is 0 Å². The lowest BCUT2D eigenvalue weighted by Crippen LogP contribution is -2.13. The number of aromatic nitrogens is 2. The van der Waals surface area contributed by atoms with Crippen LogP contribution in [0.25, 0.3) is 0 Å². The molecule has 1 heterocycles. The fraction of sp³-hybridized carbons (Fsp3) is 0.667. The second kappa shape index (κ2) is 6.97. The van der Waals surface area contributed by atoms with Crippen LogP contribution in [-0.4, -0.2) is 23.0 Å². The summed E-state index contributed by atoms with van der Waals surface area (Å²) >= 11 is 5.27. The van der Waals surface area contributed by atoms with Crippen molar-refractivity contribution >= 4 is 18.2 Å². The van der Waals surface area contributed by atoms with Gasteiger partial charge in [0.15, 0.2) is 0 Å². The molecule has 5 heteroatoms. The van der Waals surface area contributed by atoms with Crippen molar-refractivity contribution in [2.24, 2.45) is 0 Å². The van der Waals surface area contributed by atoms with Gasteiger partial charge in [-0.25, -0.2) is 9.78 Å². The molecule has 1 N–H and O–H groups in total. The molecule has 0 radical (unpaired) electrons. The first kappa shape index (κ1) is 15.2. The topological polar surface area (TPSA) is 55.0 Å². The quantitative estimate of drug-likeness (QED) is 0.660. The molecular weight excluding hydrogens is 272 g/mol. The van der Waals surface area contributed by atoms with Crippen LogP contribution in [0.15, 0.2) is 0 Å². The van der Waals surface area contributed by atoms with Gasteiger partial charge in [0.2, 0.25) is 0 Å². The number of carbonyl (C=O) groups excluding carboxylic acids is 1. The molecule has 1 aromatic rings. The number of nitrogens with one attached hydrogen (secondary N) is 1. The molecule has 0 saturated heterocycles. The van der Waals surface area contributed by atoms with E-state index in [4.69, 9.17) is 17.0 Å². The Morgan fingerprint density at radius 2 is 1.85 bits per heavy atom. The Balaban J connectivity index is 2.29. The highest BCUT2D eigenvalue weighted by Gasteiger charge is 2.19. The first-order chi connectivity index (χ1) is 9.63. The summed E-state index contributed by atoms with van der Waals surface area (Å²) in [5.41, 5.74) is 1.14. The first-order valence-electron chi connectivity index (χ1n) is 7.32. The van der Waals surface area contributed by atoms with Gasteiger partial charge in [-0.1, -0.05) is 44.3 Å². The van der Waals surface area contributed by atoms with Crippen molar-refractivity contribution in [1.29, 1.82) is 0 Å². The summed E-state index contributed by atoms with van der Waals surface area (Å²) < 4.78 is 5.11. The van der Waals surface area contributed by atoms with Crippen molar-refractivity contribution in [3.63, 3.8) is 0 Å². The maximum absolute atomic E-state index is 11.7. The monoisotopic (exact) mass is 294 g/mol. The van der Waals surface area contributed by atoms with Crippen LogP contribution in [-0.2, 0) is 4.74 Å². The maximum atomic E-state index is 11.7. The summed E-state index contributed by atoms with van der Waals surface area (Å²) in [7, 11) is 1.36. The Morgan fingerprint density at radius 1 is 1.25 bits per heavy atom. The fourth-order valence-electron chi connectivity index (χ4n) is 2.87. The Hall–Kier alpha value is -1.23. The highest BCUT2D eigenvalue weighted by molar-refractivity contribution is 7.71. The molecule has 20 heavy (non-hydrogen) atoms. The largest absolute Gasteiger partial charge is 0.465 e. The predicted octanol–water partition coefficient (Wildman–Crippen LogP) is 4.06. The molecule has 2 rings (SSSR count). The number of nitrogens with zero attached hydrogens (tertiary/aromatic N) is 1. The van der Waals surface area contributed by atoms with Gasteiger partial charge in [0.25, 0.3) is 0 Å². The van der Waals surface area contributed by atoms with Crippen LogP contribution in [0.5, 0.6) is 0 Å². The van der Waals surface area contributed by atoms with E-state index in [-0.39, 0.29) is 0 Å². The molecular formula is C15H22N2O2S. The minimum absolute atomic E-state index is 0.352. The molecule has 1 saturated carbocycles. The van der Waals surface area contributed by atoms with E-state index in [0.717, 1.165) is 24.4 Å². The van der Waals surface area contributed by atoms with Crippen molar-refractivity contribution < 1.29 is 9.53 Å². The van der Waals surface area contributed by atoms with E-state index in [1.807, 2.05) is 6.92 Å². The van der Waals surface area contributed by atoms with E-state index in [2.05, 4.69) is 9.97 Å². The third-order valence-electron chi connectivity index (χ3n) is 4.01. The van der Waals surface area contributed by atoms with E-state index in [9.17, 15) is 4.79 Å². The van der Waals surface area contributed by atoms with Crippen LogP contribution in [0.2, 0.25) is 0 Å². The summed E-state index contributed by atoms with van der Waals surface area (Å²) in [6.45, 7) is 1.86. The van der Waals surface area contributed by atoms with Crippen molar-refractivity contribution in [1.82, 2.24) is 9.97 Å². The summed E-state index contributed by atoms with van der Waals surface area (Å²) in [5.74, 6) is 0.949. The number of H-pyrrole nitrogens is 1. The minimum atomic E-state index is -0.416. The molecule has 0 spiro atoms. The lowest BCUT2D eigenvalue weighted by molar-refractivity contribution is 0.0598. The number of hydrogen-bond acceptors (Lipinski definition) is 4. The summed E-state index contributed by atoms with van der Waals surface area (Å²) in [6.07, 6.45) is 8.73. The van der Waals surface area contributed by atoms with Crippen molar-refractivity contribution in [3.05, 3.63) is 21.7 Å². The van der Waals surface area contributed by atoms with E-state index in [0.29, 0.717) is 16.1 Å². The maximum Gasteiger partial charge on any atom is 0.342 e. The second-order valence-electron chi connectivity index (χ2n) is 5.46. The molecule has 0 atom stereocenters. The number of esters is 1. The van der Waals surface area contributed by atoms with Gasteiger partial charge < -0.3 is 9.72 Å². The van der Waals surface area contributed by atoms with Crippen LogP contribution in [0.1, 0.15) is 72.7 Å². The molecule has 110 valence electrons. The standard InChI is InChI=1S/C15H22N2O2S/c1-10-12(15(18)19-2)14(20)17-13(16-10)11-8-6-4-3-5-7-9-11/h11H,3-9H2,1-2H3,(H,16,17,20). The third kappa shape index (κ3) is 3.45. The third-order valence-corrected chi connectivity index (χ3v) is 4.30. The van der Waals surface area contributed by atoms with Crippen molar-refractivity contribution in [3.8, 4) is 0 Å². The van der Waals surface area contributed by atoms with Crippen LogP contribution in [0, 0.1) is 11.6 Å². The zero-order chi connectivity index (χ0) is 14.5. The number of aryl methyl sites for hydroxylation is 1. The van der Waals surface area contributed by atoms with Crippen LogP contribution < -0.4 is 0 Å². The number of ether oxygens (including phenoxy) is 1.